The van der Waals surface area contributed by atoms with E-state index in [0.29, 0.717) is 165 Å². The minimum Gasteiger partial charge on any atom is -0.481 e. The van der Waals surface area contributed by atoms with E-state index in [0.717, 1.165) is 180 Å². The number of aliphatic carboxylic acids is 2. The molecule has 0 aromatic carbocycles. The summed E-state index contributed by atoms with van der Waals surface area (Å²) < 4.78 is 58.9. The van der Waals surface area contributed by atoms with Crippen LogP contribution in [-0.2, 0) is 95.3 Å². The number of rotatable bonds is 36. The lowest BCUT2D eigenvalue weighted by molar-refractivity contribution is -0.265. The first-order chi connectivity index (χ1) is 71.2. The number of carbonyl (C=O) groups excluding carboxylic acids is 7. The van der Waals surface area contributed by atoms with E-state index >= 15 is 0 Å². The minimum atomic E-state index is -0.614. The number of aliphatic hydroxyl groups excluding tert-OH is 3. The smallest absolute Gasteiger partial charge is 0.312 e. The Morgan fingerprint density at radius 3 is 1.09 bits per heavy atom. The van der Waals surface area contributed by atoms with Crippen LogP contribution in [0.15, 0.2) is 109 Å². The maximum atomic E-state index is 12.8. The van der Waals surface area contributed by atoms with Gasteiger partial charge in [-0.05, 0) is 367 Å². The Hall–Kier alpha value is -7.39. The highest BCUT2D eigenvalue weighted by Crippen LogP contribution is 2.85. The summed E-state index contributed by atoms with van der Waals surface area (Å²) in [7, 11) is 0. The summed E-state index contributed by atoms with van der Waals surface area (Å²) in [6.45, 7) is 27.0. The fourth-order valence-electron chi connectivity index (χ4n) is 34.5. The van der Waals surface area contributed by atoms with Crippen molar-refractivity contribution in [3.05, 3.63) is 109 Å². The molecule has 148 heavy (non-hydrogen) atoms. The molecule has 41 unspecified atom stereocenters. The highest BCUT2D eigenvalue weighted by molar-refractivity contribution is 5.79. The molecule has 0 amide bonds. The first kappa shape index (κ1) is 112. The molecule has 0 heterocycles. The topological polar surface area (TPSA) is 356 Å². The molecule has 17 saturated carbocycles. The standard InChI is InChI=1S/C21H36O4.C19H26O2.C15H20O3.C14H22O4.C13H16O2.C12H18O2.C11H16O3.C10H14O3.C8H10O2/c1-3-5-6-17(4-2)9-10-23-11-12-24-13-14-25-21(22)20-16-18-7-8-19(20)15-18;1-17-7-6-13-10-15(17)19(3,18(13,17)2)21-16(20)14-9-11-4-5-12(14)8-11;16-3-4-18-15(17)12-7-10-6-11(12)14-9-2-1-8(5-9)13(10)14;1-2-16-5-6-17-7-8-18-14(15)13-10-11-3-4-12(13)9-11;14-13(15)10-5-8-4-9(10)12-7-2-1-6(3-7)11(8)12;1-12(2,3)14-11(13)10-7-8-4-5-9(10)6-8;1-11(10(13)14-5-4-12)7-8-2-3-9(11)6-8;11-3-4-13-10(12)9-6-7-1-2-8(9)5-7;9-8(10)7-4-5-1-2-6(7)3-5/h7-8,17-20H,3-6,9-16H2,1-2H3;4-5,11-15H,6-10H2,1-3H3;1-2,8-14,16H,3-7H2;3-4,11-13H,2,5-10H2,1H3;1-2,6-12H,3-5H2,(H,14,15);4-5,8-10H,6-7H2,1-3H3;2-3,8-9,12H,4-7H2,1H3;1-2,7-9,11H,3-6H2;1-2,5-7H,3-4H2,(H,9,10). The number of fused-ring (bicyclic) bond motifs is 32. The Kier molecular flexibility index (Phi) is 37.1. The van der Waals surface area contributed by atoms with E-state index in [4.69, 9.17) is 72.5 Å². The zero-order valence-electron chi connectivity index (χ0n) is 90.3. The molecule has 41 atom stereocenters. The van der Waals surface area contributed by atoms with E-state index in [1.807, 2.05) is 34.6 Å². The van der Waals surface area contributed by atoms with E-state index in [9.17, 15) is 48.3 Å². The van der Waals surface area contributed by atoms with Crippen molar-refractivity contribution < 1.29 is 121 Å². The molecule has 0 aromatic heterocycles. The summed E-state index contributed by atoms with van der Waals surface area (Å²) >= 11 is 0. The summed E-state index contributed by atoms with van der Waals surface area (Å²) in [5, 5.41) is 43.7. The van der Waals surface area contributed by atoms with Gasteiger partial charge in [-0.1, -0.05) is 163 Å². The zero-order chi connectivity index (χ0) is 105. The Morgan fingerprint density at radius 2 is 0.730 bits per heavy atom. The normalized spacial score (nSPS) is 41.7. The van der Waals surface area contributed by atoms with Gasteiger partial charge in [0.1, 0.15) is 44.2 Å². The van der Waals surface area contributed by atoms with Crippen molar-refractivity contribution in [2.45, 2.75) is 260 Å². The van der Waals surface area contributed by atoms with Gasteiger partial charge in [-0.25, -0.2) is 0 Å². The second-order valence-corrected chi connectivity index (χ2v) is 50.7. The molecule has 26 aliphatic carbocycles. The fourth-order valence-corrected chi connectivity index (χ4v) is 34.5. The van der Waals surface area contributed by atoms with Gasteiger partial charge >= 0.3 is 53.7 Å². The number of esters is 7. The van der Waals surface area contributed by atoms with Crippen molar-refractivity contribution in [3.8, 4) is 0 Å². The van der Waals surface area contributed by atoms with Crippen molar-refractivity contribution in [2.75, 3.05) is 106 Å². The number of aliphatic hydroxyl groups is 3. The third kappa shape index (κ3) is 24.2. The third-order valence-electron chi connectivity index (χ3n) is 41.6. The highest BCUT2D eigenvalue weighted by Gasteiger charge is 2.85. The summed E-state index contributed by atoms with van der Waals surface area (Å²) in [6.07, 6.45) is 72.1. The van der Waals surface area contributed by atoms with Crippen molar-refractivity contribution in [3.63, 3.8) is 0 Å². The lowest BCUT2D eigenvalue weighted by Crippen LogP contribution is -2.69. The molecular formula is C123H178O25. The van der Waals surface area contributed by atoms with Crippen LogP contribution >= 0.6 is 0 Å². The van der Waals surface area contributed by atoms with E-state index < -0.39 is 11.9 Å². The van der Waals surface area contributed by atoms with Gasteiger partial charge in [0.15, 0.2) is 0 Å². The van der Waals surface area contributed by atoms with Crippen LogP contribution in [0.3, 0.4) is 0 Å². The molecule has 0 aliphatic heterocycles. The highest BCUT2D eigenvalue weighted by atomic mass is 16.6. The molecule has 0 spiro atoms. The Bertz CT molecular complexity index is 4860. The van der Waals surface area contributed by atoms with Crippen LogP contribution in [-0.4, -0.2) is 196 Å². The number of hydrogen-bond donors (Lipinski definition) is 5. The van der Waals surface area contributed by atoms with Crippen molar-refractivity contribution in [1.29, 1.82) is 0 Å². The predicted octanol–water partition coefficient (Wildman–Crippen LogP) is 19.6. The molecule has 25 heteroatoms. The monoisotopic (exact) mass is 2060 g/mol. The molecule has 26 rings (SSSR count). The maximum absolute atomic E-state index is 12.8. The van der Waals surface area contributed by atoms with Crippen LogP contribution in [0.1, 0.15) is 249 Å². The lowest BCUT2D eigenvalue weighted by atomic mass is 9.43. The number of ether oxygens (including phenoxy) is 11. The molecule has 5 N–H and O–H groups in total. The minimum absolute atomic E-state index is 0.00523. The predicted molar refractivity (Wildman–Crippen MR) is 557 cm³/mol. The van der Waals surface area contributed by atoms with Crippen LogP contribution < -0.4 is 0 Å². The molecule has 820 valence electrons. The largest absolute Gasteiger partial charge is 0.481 e. The van der Waals surface area contributed by atoms with Crippen molar-refractivity contribution >= 4 is 53.7 Å². The van der Waals surface area contributed by atoms with Gasteiger partial charge in [0.05, 0.1) is 112 Å². The molecule has 0 aromatic rings. The summed E-state index contributed by atoms with van der Waals surface area (Å²) in [5.74, 6) is 17.2. The number of carboxylic acids is 2. The number of carbonyl (C=O) groups is 9. The fraction of sp³-hybridized carbons (Fsp3) is 0.780. The first-order valence-corrected chi connectivity index (χ1v) is 58.2. The molecule has 17 fully saturated rings. The van der Waals surface area contributed by atoms with Gasteiger partial charge in [-0.2, -0.15) is 0 Å². The van der Waals surface area contributed by atoms with E-state index in [1.54, 1.807) is 0 Å². The van der Waals surface area contributed by atoms with E-state index in [2.05, 4.69) is 144 Å². The van der Waals surface area contributed by atoms with Crippen molar-refractivity contribution in [2.24, 2.45) is 235 Å². The molecule has 26 aliphatic rings. The number of allylic oxidation sites excluding steroid dienone is 18. The summed E-state index contributed by atoms with van der Waals surface area (Å²) in [4.78, 5) is 105. The second kappa shape index (κ2) is 49.1. The molecule has 0 radical (unpaired) electrons. The van der Waals surface area contributed by atoms with Gasteiger partial charge in [0, 0.05) is 24.5 Å². The second-order valence-electron chi connectivity index (χ2n) is 50.7. The van der Waals surface area contributed by atoms with Crippen LogP contribution in [0.5, 0.6) is 0 Å². The summed E-state index contributed by atoms with van der Waals surface area (Å²) in [5.41, 5.74) is -0.210. The average Bonchev–Trinajstić information content (AvgIpc) is 1.45. The SMILES string of the molecule is CC(C)(C)OC(=O)C1CC2C=CC1C2.CC1(C(=O)OCCO)CC2C=CC1C2.CC12CCC3CC1C(C)(OC(=O)C1CC4C=CC1C4)C32C.CCCCC(CC)CCOCCOCCOC(=O)C1CC2C=CC1C2.CCOCCOCCOC(=O)C1CC2C=CC1C2.O=C(O)C1CC2C=CC1C2.O=C(O)C1CC2CC1C1C3C=CC(C3)C21.O=C(OCCO)C1CC2C=CC1C2.O=C(OCCO)C1CC2CC1C1C3C=CC(C3)C21. The van der Waals surface area contributed by atoms with E-state index in [-0.39, 0.29) is 151 Å². The summed E-state index contributed by atoms with van der Waals surface area (Å²) in [6, 6.07) is 0. The number of carboxylic acid groups (broad SMARTS) is 2. The van der Waals surface area contributed by atoms with Gasteiger partial charge in [0.25, 0.3) is 0 Å². The van der Waals surface area contributed by atoms with Crippen molar-refractivity contribution in [1.82, 2.24) is 0 Å². The Morgan fingerprint density at radius 1 is 0.351 bits per heavy atom. The molecule has 25 nitrogen and oxygen atoms in total. The van der Waals surface area contributed by atoms with Crippen LogP contribution in [0.2, 0.25) is 0 Å². The van der Waals surface area contributed by atoms with Crippen LogP contribution in [0.25, 0.3) is 0 Å². The lowest BCUT2D eigenvalue weighted by Gasteiger charge is -2.65. The maximum Gasteiger partial charge on any atom is 0.312 e. The molecule has 26 bridgehead atoms. The van der Waals surface area contributed by atoms with Gasteiger partial charge in [0.2, 0.25) is 0 Å². The van der Waals surface area contributed by atoms with Gasteiger partial charge < -0.3 is 77.6 Å². The Balaban J connectivity index is 0.000000115. The molecule has 0 saturated heterocycles. The van der Waals surface area contributed by atoms with Gasteiger partial charge in [-0.15, -0.1) is 0 Å². The first-order valence-electron chi connectivity index (χ1n) is 58.2. The van der Waals surface area contributed by atoms with Crippen LogP contribution in [0.4, 0.5) is 0 Å². The van der Waals surface area contributed by atoms with Crippen LogP contribution in [0, 0.1) is 235 Å². The quantitative estimate of drug-likeness (QED) is 0.0128. The Labute approximate surface area is 880 Å². The molecular weight excluding hydrogens is 1880 g/mol. The van der Waals surface area contributed by atoms with E-state index in [1.165, 1.54) is 77.0 Å². The van der Waals surface area contributed by atoms with Gasteiger partial charge in [-0.3, -0.25) is 43.2 Å². The third-order valence-corrected chi connectivity index (χ3v) is 41.6. The zero-order valence-corrected chi connectivity index (χ0v) is 90.3. The number of hydrogen-bond acceptors (Lipinski definition) is 23. The number of unbranched alkanes of at least 4 members (excludes halogenated alkanes) is 1. The average molecular weight is 2060 g/mol.